The number of carbonyl (C=O) groups is 1. The number of amides is 1. The van der Waals surface area contributed by atoms with Crippen LogP contribution in [0.15, 0.2) is 42.5 Å². The Kier molecular flexibility index (Phi) is 5.00. The summed E-state index contributed by atoms with van der Waals surface area (Å²) in [7, 11) is 2.97. The zero-order chi connectivity index (χ0) is 16.2. The lowest BCUT2D eigenvalue weighted by atomic mass is 10.1. The van der Waals surface area contributed by atoms with E-state index in [1.165, 1.54) is 19.1 Å². The maximum atomic E-state index is 12.5. The van der Waals surface area contributed by atoms with Crippen molar-refractivity contribution in [2.24, 2.45) is 0 Å². The highest BCUT2D eigenvalue weighted by atomic mass is 16.7. The van der Waals surface area contributed by atoms with E-state index in [2.05, 4.69) is 0 Å². The van der Waals surface area contributed by atoms with E-state index in [-0.39, 0.29) is 6.61 Å². The van der Waals surface area contributed by atoms with Gasteiger partial charge in [-0.25, -0.2) is 9.69 Å². The summed E-state index contributed by atoms with van der Waals surface area (Å²) in [5.74, 6) is -1.27. The van der Waals surface area contributed by atoms with Gasteiger partial charge in [-0.05, 0) is 18.4 Å². The maximum absolute atomic E-state index is 12.5. The number of carbonyl (C=O) groups excluding carboxylic acids is 1. The molecule has 0 aliphatic carbocycles. The number of hydrogen-bond acceptors (Lipinski definition) is 4. The van der Waals surface area contributed by atoms with Crippen LogP contribution in [-0.2, 0) is 14.2 Å². The molecule has 118 valence electrons. The van der Waals surface area contributed by atoms with Crippen molar-refractivity contribution < 1.29 is 19.0 Å². The van der Waals surface area contributed by atoms with Gasteiger partial charge in [0, 0.05) is 26.5 Å². The van der Waals surface area contributed by atoms with Crippen LogP contribution < -0.4 is 4.90 Å². The molecule has 2 aromatic rings. The Morgan fingerprint density at radius 1 is 1.09 bits per heavy atom. The molecule has 2 rings (SSSR count). The van der Waals surface area contributed by atoms with Crippen molar-refractivity contribution in [3.63, 3.8) is 0 Å². The fourth-order valence-electron chi connectivity index (χ4n) is 2.34. The molecule has 0 fully saturated rings. The van der Waals surface area contributed by atoms with E-state index in [4.69, 9.17) is 14.2 Å². The third-order valence-electron chi connectivity index (χ3n) is 3.62. The minimum atomic E-state index is -1.27. The molecule has 0 unspecified atom stereocenters. The molecule has 0 saturated heterocycles. The van der Waals surface area contributed by atoms with Gasteiger partial charge in [-0.1, -0.05) is 36.4 Å². The van der Waals surface area contributed by atoms with E-state index >= 15 is 0 Å². The van der Waals surface area contributed by atoms with Crippen molar-refractivity contribution in [2.75, 3.05) is 25.7 Å². The van der Waals surface area contributed by atoms with Gasteiger partial charge in [-0.2, -0.15) is 0 Å². The van der Waals surface area contributed by atoms with Gasteiger partial charge in [0.25, 0.3) is 5.91 Å². The van der Waals surface area contributed by atoms with Crippen molar-refractivity contribution >= 4 is 22.6 Å². The van der Waals surface area contributed by atoms with Crippen molar-refractivity contribution in [1.29, 1.82) is 0 Å². The average molecular weight is 303 g/mol. The summed E-state index contributed by atoms with van der Waals surface area (Å²) in [6, 6.07) is 13.5. The van der Waals surface area contributed by atoms with Crippen molar-refractivity contribution in [2.45, 2.75) is 19.8 Å². The summed E-state index contributed by atoms with van der Waals surface area (Å²) < 4.78 is 16.0. The van der Waals surface area contributed by atoms with Crippen LogP contribution in [0.1, 0.15) is 13.8 Å². The Hall–Kier alpha value is -2.11. The maximum Gasteiger partial charge on any atom is 0.418 e. The molecule has 0 bridgehead atoms. The Balaban J connectivity index is 2.64. The predicted octanol–water partition coefficient (Wildman–Crippen LogP) is 3.77. The Morgan fingerprint density at radius 2 is 1.73 bits per heavy atom. The lowest BCUT2D eigenvalue weighted by Crippen LogP contribution is -2.53. The van der Waals surface area contributed by atoms with Crippen LogP contribution in [0.4, 0.5) is 10.5 Å². The van der Waals surface area contributed by atoms with Crippen LogP contribution >= 0.6 is 0 Å². The highest BCUT2D eigenvalue weighted by Gasteiger charge is 2.39. The predicted molar refractivity (Wildman–Crippen MR) is 85.9 cm³/mol. The van der Waals surface area contributed by atoms with E-state index in [0.29, 0.717) is 5.69 Å². The molecule has 1 amide bonds. The Labute approximate surface area is 130 Å². The lowest BCUT2D eigenvalue weighted by molar-refractivity contribution is -0.188. The number of ether oxygens (including phenoxy) is 3. The number of fused-ring (bicyclic) bond motifs is 1. The fourth-order valence-corrected chi connectivity index (χ4v) is 2.34. The first-order chi connectivity index (χ1) is 10.6. The van der Waals surface area contributed by atoms with E-state index in [9.17, 15) is 4.79 Å². The number of rotatable bonds is 5. The third kappa shape index (κ3) is 2.91. The number of benzene rings is 2. The van der Waals surface area contributed by atoms with Gasteiger partial charge in [0.15, 0.2) is 0 Å². The van der Waals surface area contributed by atoms with Crippen molar-refractivity contribution in [3.05, 3.63) is 42.5 Å². The van der Waals surface area contributed by atoms with Crippen molar-refractivity contribution in [3.8, 4) is 0 Å². The molecule has 0 aliphatic heterocycles. The normalized spacial score (nSPS) is 11.5. The average Bonchev–Trinajstić information content (AvgIpc) is 2.55. The minimum Gasteiger partial charge on any atom is -0.449 e. The zero-order valence-corrected chi connectivity index (χ0v) is 13.3. The molecular weight excluding hydrogens is 282 g/mol. The molecule has 5 nitrogen and oxygen atoms in total. The SMILES string of the molecule is CCOC(=O)N(c1cccc2ccccc12)C(C)(OC)OC. The van der Waals surface area contributed by atoms with Gasteiger partial charge in [0.05, 0.1) is 12.3 Å². The Bertz CT molecular complexity index is 647. The number of hydrogen-bond donors (Lipinski definition) is 0. The van der Waals surface area contributed by atoms with Gasteiger partial charge in [0.2, 0.25) is 0 Å². The molecule has 0 saturated carbocycles. The summed E-state index contributed by atoms with van der Waals surface area (Å²) >= 11 is 0. The molecule has 0 N–H and O–H groups in total. The van der Waals surface area contributed by atoms with Gasteiger partial charge in [0.1, 0.15) is 0 Å². The molecule has 22 heavy (non-hydrogen) atoms. The van der Waals surface area contributed by atoms with Crippen molar-refractivity contribution in [1.82, 2.24) is 0 Å². The molecule has 0 heterocycles. The second-order valence-corrected chi connectivity index (χ2v) is 4.84. The highest BCUT2D eigenvalue weighted by Crippen LogP contribution is 2.33. The molecule has 0 aromatic heterocycles. The van der Waals surface area contributed by atoms with Crippen LogP contribution in [-0.4, -0.2) is 32.8 Å². The molecule has 0 radical (unpaired) electrons. The van der Waals surface area contributed by atoms with E-state index in [1.54, 1.807) is 13.8 Å². The largest absolute Gasteiger partial charge is 0.449 e. The quantitative estimate of drug-likeness (QED) is 0.789. The fraction of sp³-hybridized carbons (Fsp3) is 0.353. The zero-order valence-electron chi connectivity index (χ0n) is 13.3. The summed E-state index contributed by atoms with van der Waals surface area (Å²) in [5, 5.41) is 1.93. The van der Waals surface area contributed by atoms with Crippen LogP contribution in [0.2, 0.25) is 0 Å². The first-order valence-corrected chi connectivity index (χ1v) is 7.12. The highest BCUT2D eigenvalue weighted by molar-refractivity contribution is 6.02. The van der Waals surface area contributed by atoms with E-state index in [0.717, 1.165) is 10.8 Å². The van der Waals surface area contributed by atoms with Crippen LogP contribution in [0.5, 0.6) is 0 Å². The summed E-state index contributed by atoms with van der Waals surface area (Å²) in [4.78, 5) is 13.9. The molecule has 5 heteroatoms. The first-order valence-electron chi connectivity index (χ1n) is 7.12. The van der Waals surface area contributed by atoms with Gasteiger partial charge in [-0.15, -0.1) is 0 Å². The van der Waals surface area contributed by atoms with Gasteiger partial charge >= 0.3 is 6.09 Å². The smallest absolute Gasteiger partial charge is 0.418 e. The molecule has 2 aromatic carbocycles. The van der Waals surface area contributed by atoms with Gasteiger partial charge in [-0.3, -0.25) is 0 Å². The number of anilines is 1. The number of methoxy groups -OCH3 is 2. The second-order valence-electron chi connectivity index (χ2n) is 4.84. The monoisotopic (exact) mass is 303 g/mol. The van der Waals surface area contributed by atoms with E-state index < -0.39 is 12.0 Å². The summed E-state index contributed by atoms with van der Waals surface area (Å²) in [5.41, 5.74) is 0.669. The molecule has 0 aliphatic rings. The topological polar surface area (TPSA) is 48.0 Å². The Morgan fingerprint density at radius 3 is 2.36 bits per heavy atom. The second kappa shape index (κ2) is 6.77. The van der Waals surface area contributed by atoms with E-state index in [1.807, 2.05) is 42.5 Å². The lowest BCUT2D eigenvalue weighted by Gasteiger charge is -2.37. The third-order valence-corrected chi connectivity index (χ3v) is 3.62. The minimum absolute atomic E-state index is 0.267. The summed E-state index contributed by atoms with van der Waals surface area (Å²) in [6.07, 6.45) is -0.523. The van der Waals surface area contributed by atoms with Crippen LogP contribution in [0.3, 0.4) is 0 Å². The van der Waals surface area contributed by atoms with Crippen LogP contribution in [0, 0.1) is 0 Å². The molecule has 0 spiro atoms. The molecular formula is C17H21NO4. The first kappa shape index (κ1) is 16.3. The number of nitrogens with zero attached hydrogens (tertiary/aromatic N) is 1. The summed E-state index contributed by atoms with van der Waals surface area (Å²) in [6.45, 7) is 3.70. The molecule has 0 atom stereocenters. The van der Waals surface area contributed by atoms with Gasteiger partial charge < -0.3 is 14.2 Å². The standard InChI is InChI=1S/C17H21NO4/c1-5-22-16(19)18(17(2,20-3)21-4)15-12-8-10-13-9-6-7-11-14(13)15/h6-12H,5H2,1-4H3. The van der Waals surface area contributed by atoms with Crippen LogP contribution in [0.25, 0.3) is 10.8 Å².